The van der Waals surface area contributed by atoms with Crippen LogP contribution in [-0.4, -0.2) is 31.6 Å². The lowest BCUT2D eigenvalue weighted by atomic mass is 10.2. The maximum atomic E-state index is 13.1. The van der Waals surface area contributed by atoms with Crippen LogP contribution in [0.4, 0.5) is 8.78 Å². The summed E-state index contributed by atoms with van der Waals surface area (Å²) in [5.74, 6) is -0.722. The lowest BCUT2D eigenvalue weighted by molar-refractivity contribution is -0.154. The number of methoxy groups -OCH3 is 2. The predicted octanol–water partition coefficient (Wildman–Crippen LogP) is 2.85. The lowest BCUT2D eigenvalue weighted by Gasteiger charge is -2.17. The minimum Gasteiger partial charge on any atom is -0.493 e. The summed E-state index contributed by atoms with van der Waals surface area (Å²) in [7, 11) is 2.51. The van der Waals surface area contributed by atoms with Crippen LogP contribution >= 0.6 is 15.9 Å². The Bertz CT molecular complexity index is 437. The average Bonchev–Trinajstić information content (AvgIpc) is 2.38. The van der Waals surface area contributed by atoms with E-state index in [-0.39, 0.29) is 17.1 Å². The smallest absolute Gasteiger partial charge is 0.407 e. The minimum atomic E-state index is -3.36. The van der Waals surface area contributed by atoms with Gasteiger partial charge in [0.2, 0.25) is 0 Å². The van der Waals surface area contributed by atoms with Crippen molar-refractivity contribution in [2.75, 3.05) is 19.5 Å². The zero-order chi connectivity index (χ0) is 13.8. The normalized spacial score (nSPS) is 10.9. The minimum absolute atomic E-state index is 0.0264. The number of rotatable bonds is 5. The largest absolute Gasteiger partial charge is 0.493 e. The van der Waals surface area contributed by atoms with Gasteiger partial charge in [-0.3, -0.25) is 0 Å². The third-order valence-corrected chi connectivity index (χ3v) is 2.65. The highest BCUT2D eigenvalue weighted by Crippen LogP contribution is 2.33. The molecule has 7 heteroatoms. The van der Waals surface area contributed by atoms with Crippen LogP contribution in [0.3, 0.4) is 0 Å². The van der Waals surface area contributed by atoms with E-state index in [0.717, 1.165) is 0 Å². The molecule has 0 aliphatic rings. The Morgan fingerprint density at radius 2 is 2.00 bits per heavy atom. The van der Waals surface area contributed by atoms with Crippen LogP contribution in [0, 0.1) is 0 Å². The summed E-state index contributed by atoms with van der Waals surface area (Å²) >= 11 is 2.63. The highest BCUT2D eigenvalue weighted by atomic mass is 79.9. The first-order chi connectivity index (χ1) is 8.43. The Kier molecular flexibility index (Phi) is 4.89. The molecule has 0 heterocycles. The van der Waals surface area contributed by atoms with Gasteiger partial charge in [-0.1, -0.05) is 15.9 Å². The fraction of sp³-hybridized carbons (Fsp3) is 0.364. The van der Waals surface area contributed by atoms with Gasteiger partial charge in [0, 0.05) is 0 Å². The number of esters is 1. The summed E-state index contributed by atoms with van der Waals surface area (Å²) in [6, 6.07) is 3.81. The molecule has 0 unspecified atom stereocenters. The number of carbonyl (C=O) groups excluding carboxylic acids is 1. The van der Waals surface area contributed by atoms with Gasteiger partial charge >= 0.3 is 12.1 Å². The van der Waals surface area contributed by atoms with Gasteiger partial charge in [0.15, 0.2) is 11.5 Å². The van der Waals surface area contributed by atoms with E-state index < -0.39 is 17.4 Å². The molecule has 18 heavy (non-hydrogen) atoms. The van der Waals surface area contributed by atoms with Crippen molar-refractivity contribution >= 4 is 21.9 Å². The van der Waals surface area contributed by atoms with Crippen LogP contribution in [0.5, 0.6) is 11.5 Å². The fourth-order valence-electron chi connectivity index (χ4n) is 1.18. The molecule has 0 amide bonds. The number of hydrogen-bond acceptors (Lipinski definition) is 4. The van der Waals surface area contributed by atoms with E-state index in [1.54, 1.807) is 0 Å². The zero-order valence-corrected chi connectivity index (χ0v) is 11.3. The van der Waals surface area contributed by atoms with Crippen LogP contribution in [0.2, 0.25) is 0 Å². The van der Waals surface area contributed by atoms with E-state index >= 15 is 0 Å². The maximum Gasteiger partial charge on any atom is 0.407 e. The first-order valence-corrected chi connectivity index (χ1v) is 5.95. The van der Waals surface area contributed by atoms with Crippen LogP contribution in [0.1, 0.15) is 10.4 Å². The van der Waals surface area contributed by atoms with Gasteiger partial charge in [-0.05, 0) is 18.2 Å². The Morgan fingerprint density at radius 1 is 1.33 bits per heavy atom. The summed E-state index contributed by atoms with van der Waals surface area (Å²) in [4.78, 5) is 11.3. The Morgan fingerprint density at radius 3 is 2.50 bits per heavy atom. The number of halogens is 3. The third kappa shape index (κ3) is 3.56. The zero-order valence-electron chi connectivity index (χ0n) is 9.71. The summed E-state index contributed by atoms with van der Waals surface area (Å²) < 4.78 is 40.0. The molecule has 0 aliphatic carbocycles. The Hall–Kier alpha value is -1.37. The van der Waals surface area contributed by atoms with Gasteiger partial charge in [0.25, 0.3) is 0 Å². The molecule has 0 bridgehead atoms. The van der Waals surface area contributed by atoms with Gasteiger partial charge in [0.05, 0.1) is 19.8 Å². The molecule has 4 nitrogen and oxygen atoms in total. The topological polar surface area (TPSA) is 44.8 Å². The summed E-state index contributed by atoms with van der Waals surface area (Å²) in [6.07, 6.45) is -3.36. The summed E-state index contributed by atoms with van der Waals surface area (Å²) in [6.45, 7) is 0. The Labute approximate surface area is 111 Å². The van der Waals surface area contributed by atoms with Crippen molar-refractivity contribution in [2.24, 2.45) is 0 Å². The standard InChI is InChI=1S/C11H11BrF2O4/c1-16-9-5-7(10(15)17-2)3-4-8(9)18-11(13,14)6-12/h3-5H,6H2,1-2H3. The van der Waals surface area contributed by atoms with Gasteiger partial charge in [-0.15, -0.1) is 0 Å². The average molecular weight is 325 g/mol. The highest BCUT2D eigenvalue weighted by molar-refractivity contribution is 9.09. The second-order valence-corrected chi connectivity index (χ2v) is 3.79. The van der Waals surface area contributed by atoms with Crippen molar-refractivity contribution in [2.45, 2.75) is 6.11 Å². The van der Waals surface area contributed by atoms with E-state index in [1.807, 2.05) is 0 Å². The first kappa shape index (κ1) is 14.7. The molecule has 0 N–H and O–H groups in total. The van der Waals surface area contributed by atoms with Crippen LogP contribution < -0.4 is 9.47 Å². The van der Waals surface area contributed by atoms with Crippen molar-refractivity contribution in [3.05, 3.63) is 23.8 Å². The molecule has 0 aromatic heterocycles. The molecule has 0 fully saturated rings. The van der Waals surface area contributed by atoms with E-state index in [4.69, 9.17) is 4.74 Å². The van der Waals surface area contributed by atoms with Crippen LogP contribution in [-0.2, 0) is 4.74 Å². The monoisotopic (exact) mass is 324 g/mol. The second-order valence-electron chi connectivity index (χ2n) is 3.23. The van der Waals surface area contributed by atoms with E-state index in [2.05, 4.69) is 25.4 Å². The van der Waals surface area contributed by atoms with Crippen LogP contribution in [0.15, 0.2) is 18.2 Å². The number of benzene rings is 1. The highest BCUT2D eigenvalue weighted by Gasteiger charge is 2.31. The molecule has 1 aromatic carbocycles. The van der Waals surface area contributed by atoms with Crippen molar-refractivity contribution in [3.8, 4) is 11.5 Å². The first-order valence-electron chi connectivity index (χ1n) is 4.82. The molecule has 0 atom stereocenters. The van der Waals surface area contributed by atoms with Gasteiger partial charge in [-0.2, -0.15) is 8.78 Å². The second kappa shape index (κ2) is 5.99. The molecular weight excluding hydrogens is 314 g/mol. The molecule has 1 rings (SSSR count). The lowest BCUT2D eigenvalue weighted by Crippen LogP contribution is -2.26. The number of carbonyl (C=O) groups is 1. The van der Waals surface area contributed by atoms with Crippen molar-refractivity contribution < 1.29 is 27.8 Å². The number of ether oxygens (including phenoxy) is 3. The number of hydrogen-bond donors (Lipinski definition) is 0. The summed E-state index contributed by atoms with van der Waals surface area (Å²) in [5, 5.41) is -0.651. The molecule has 0 saturated carbocycles. The SMILES string of the molecule is COC(=O)c1ccc(OC(F)(F)CBr)c(OC)c1. The molecule has 0 spiro atoms. The fourth-order valence-corrected chi connectivity index (χ4v) is 1.30. The molecular formula is C11H11BrF2O4. The van der Waals surface area contributed by atoms with E-state index in [9.17, 15) is 13.6 Å². The van der Waals surface area contributed by atoms with E-state index in [1.165, 1.54) is 32.4 Å². The van der Waals surface area contributed by atoms with Gasteiger partial charge < -0.3 is 14.2 Å². The van der Waals surface area contributed by atoms with Gasteiger partial charge in [-0.25, -0.2) is 4.79 Å². The Balaban J connectivity index is 3.04. The molecule has 0 aliphatic heterocycles. The molecule has 1 aromatic rings. The quantitative estimate of drug-likeness (QED) is 0.617. The molecule has 0 radical (unpaired) electrons. The van der Waals surface area contributed by atoms with Gasteiger partial charge in [0.1, 0.15) is 5.33 Å². The summed E-state index contributed by atoms with van der Waals surface area (Å²) in [5.41, 5.74) is 0.184. The van der Waals surface area contributed by atoms with E-state index in [0.29, 0.717) is 0 Å². The number of alkyl halides is 3. The maximum absolute atomic E-state index is 13.1. The third-order valence-electron chi connectivity index (χ3n) is 2.00. The molecule has 100 valence electrons. The van der Waals surface area contributed by atoms with Crippen molar-refractivity contribution in [3.63, 3.8) is 0 Å². The molecule has 0 saturated heterocycles. The van der Waals surface area contributed by atoms with Crippen LogP contribution in [0.25, 0.3) is 0 Å². The van der Waals surface area contributed by atoms with Crippen molar-refractivity contribution in [1.82, 2.24) is 0 Å². The predicted molar refractivity (Wildman–Crippen MR) is 63.7 cm³/mol. The van der Waals surface area contributed by atoms with Crippen molar-refractivity contribution in [1.29, 1.82) is 0 Å².